The lowest BCUT2D eigenvalue weighted by atomic mass is 10.0. The van der Waals surface area contributed by atoms with Crippen LogP contribution in [0.15, 0.2) is 85.1 Å². The van der Waals surface area contributed by atoms with Gasteiger partial charge in [-0.15, -0.1) is 0 Å². The van der Waals surface area contributed by atoms with Crippen LogP contribution in [-0.2, 0) is 38.4 Å². The van der Waals surface area contributed by atoms with Crippen LogP contribution in [0.4, 0.5) is 0 Å². The van der Waals surface area contributed by atoms with Gasteiger partial charge in [-0.05, 0) is 41.3 Å². The Morgan fingerprint density at radius 3 is 2.14 bits per heavy atom. The molecule has 0 aliphatic rings. The predicted molar refractivity (Wildman–Crippen MR) is 156 cm³/mol. The number of phenols is 1. The van der Waals surface area contributed by atoms with Gasteiger partial charge in [-0.25, -0.2) is 4.79 Å². The summed E-state index contributed by atoms with van der Waals surface area (Å²) in [4.78, 5) is 53.7. The van der Waals surface area contributed by atoms with Gasteiger partial charge < -0.3 is 36.9 Å². The molecular formula is C31H33N5O6. The molecule has 0 saturated heterocycles. The number of benzene rings is 3. The van der Waals surface area contributed by atoms with E-state index in [1.54, 1.807) is 18.3 Å². The average molecular weight is 572 g/mol. The second-order valence-electron chi connectivity index (χ2n) is 9.97. The van der Waals surface area contributed by atoms with Crippen LogP contribution < -0.4 is 21.7 Å². The van der Waals surface area contributed by atoms with E-state index in [0.29, 0.717) is 5.56 Å². The van der Waals surface area contributed by atoms with E-state index in [-0.39, 0.29) is 25.0 Å². The van der Waals surface area contributed by atoms with Crippen LogP contribution >= 0.6 is 0 Å². The molecule has 0 aliphatic heterocycles. The van der Waals surface area contributed by atoms with Crippen molar-refractivity contribution in [3.8, 4) is 5.75 Å². The molecule has 8 N–H and O–H groups in total. The zero-order valence-corrected chi connectivity index (χ0v) is 22.7. The highest BCUT2D eigenvalue weighted by Gasteiger charge is 2.26. The maximum Gasteiger partial charge on any atom is 0.326 e. The molecule has 0 radical (unpaired) electrons. The molecule has 1 heterocycles. The minimum atomic E-state index is -1.22. The molecule has 0 spiro atoms. The normalized spacial score (nSPS) is 13.1. The van der Waals surface area contributed by atoms with Gasteiger partial charge >= 0.3 is 5.97 Å². The van der Waals surface area contributed by atoms with Crippen LogP contribution in [0, 0.1) is 0 Å². The van der Waals surface area contributed by atoms with Crippen molar-refractivity contribution in [1.82, 2.24) is 20.9 Å². The zero-order valence-electron chi connectivity index (χ0n) is 22.7. The van der Waals surface area contributed by atoms with Crippen molar-refractivity contribution in [3.05, 3.63) is 102 Å². The number of fused-ring (bicyclic) bond motifs is 1. The van der Waals surface area contributed by atoms with Crippen molar-refractivity contribution in [1.29, 1.82) is 0 Å². The summed E-state index contributed by atoms with van der Waals surface area (Å²) in [5.41, 5.74) is 9.19. The number of phenolic OH excluding ortho intramolecular Hbond substituents is 1. The van der Waals surface area contributed by atoms with E-state index < -0.39 is 48.4 Å². The van der Waals surface area contributed by atoms with Gasteiger partial charge in [0.2, 0.25) is 17.7 Å². The third-order valence-corrected chi connectivity index (χ3v) is 6.80. The van der Waals surface area contributed by atoms with Crippen LogP contribution in [0.1, 0.15) is 16.7 Å². The molecular weight excluding hydrogens is 538 g/mol. The lowest BCUT2D eigenvalue weighted by Crippen LogP contribution is -2.54. The molecule has 0 aliphatic carbocycles. The number of rotatable bonds is 13. The quantitative estimate of drug-likeness (QED) is 0.126. The number of nitrogens with one attached hydrogen (secondary N) is 4. The third kappa shape index (κ3) is 8.18. The van der Waals surface area contributed by atoms with Gasteiger partial charge in [0.15, 0.2) is 0 Å². The summed E-state index contributed by atoms with van der Waals surface area (Å²) < 4.78 is 0. The van der Waals surface area contributed by atoms with E-state index in [1.807, 2.05) is 54.6 Å². The molecule has 0 bridgehead atoms. The molecule has 4 rings (SSSR count). The molecule has 4 aromatic rings. The van der Waals surface area contributed by atoms with Crippen LogP contribution in [0.5, 0.6) is 5.75 Å². The van der Waals surface area contributed by atoms with E-state index in [2.05, 4.69) is 20.9 Å². The fourth-order valence-electron chi connectivity index (χ4n) is 4.57. The number of para-hydroxylation sites is 1. The van der Waals surface area contributed by atoms with E-state index >= 15 is 0 Å². The Labute approximate surface area is 242 Å². The molecule has 11 heteroatoms. The van der Waals surface area contributed by atoms with Crippen molar-refractivity contribution in [2.75, 3.05) is 6.54 Å². The van der Waals surface area contributed by atoms with Crippen LogP contribution in [0.25, 0.3) is 10.9 Å². The Balaban J connectivity index is 1.38. The Kier molecular flexibility index (Phi) is 9.90. The average Bonchev–Trinajstić information content (AvgIpc) is 3.39. The highest BCUT2D eigenvalue weighted by Crippen LogP contribution is 2.19. The van der Waals surface area contributed by atoms with Crippen molar-refractivity contribution in [2.45, 2.75) is 37.4 Å². The van der Waals surface area contributed by atoms with Gasteiger partial charge in [-0.3, -0.25) is 14.4 Å². The summed E-state index contributed by atoms with van der Waals surface area (Å²) >= 11 is 0. The van der Waals surface area contributed by atoms with Gasteiger partial charge in [0.05, 0.1) is 12.6 Å². The SMILES string of the molecule is NC(Cc1ccccc1)C(=O)NC(Cc1ccc(O)cc1)C(=O)NCC(=O)NC(Cc1c[nH]c2ccccc12)C(=O)O. The highest BCUT2D eigenvalue weighted by molar-refractivity contribution is 5.93. The lowest BCUT2D eigenvalue weighted by Gasteiger charge is -2.21. The first-order valence-electron chi connectivity index (χ1n) is 13.4. The number of aromatic nitrogens is 1. The fourth-order valence-corrected chi connectivity index (χ4v) is 4.57. The molecule has 218 valence electrons. The lowest BCUT2D eigenvalue weighted by molar-refractivity contribution is -0.141. The van der Waals surface area contributed by atoms with Crippen molar-refractivity contribution < 1.29 is 29.4 Å². The van der Waals surface area contributed by atoms with E-state index in [4.69, 9.17) is 5.73 Å². The van der Waals surface area contributed by atoms with E-state index in [1.165, 1.54) is 12.1 Å². The molecule has 11 nitrogen and oxygen atoms in total. The largest absolute Gasteiger partial charge is 0.508 e. The monoisotopic (exact) mass is 571 g/mol. The number of aliphatic carboxylic acids is 1. The molecule has 3 atom stereocenters. The third-order valence-electron chi connectivity index (χ3n) is 6.80. The molecule has 3 unspecified atom stereocenters. The number of carbonyl (C=O) groups is 4. The number of carboxylic acid groups (broad SMARTS) is 1. The van der Waals surface area contributed by atoms with Crippen LogP contribution in [0.2, 0.25) is 0 Å². The number of aromatic amines is 1. The van der Waals surface area contributed by atoms with Crippen molar-refractivity contribution in [2.24, 2.45) is 5.73 Å². The smallest absolute Gasteiger partial charge is 0.326 e. The maximum atomic E-state index is 13.1. The Morgan fingerprint density at radius 1 is 0.762 bits per heavy atom. The molecule has 3 amide bonds. The van der Waals surface area contributed by atoms with Crippen LogP contribution in [0.3, 0.4) is 0 Å². The van der Waals surface area contributed by atoms with E-state index in [9.17, 15) is 29.4 Å². The molecule has 1 aromatic heterocycles. The van der Waals surface area contributed by atoms with Crippen molar-refractivity contribution in [3.63, 3.8) is 0 Å². The number of H-pyrrole nitrogens is 1. The van der Waals surface area contributed by atoms with E-state index in [0.717, 1.165) is 22.0 Å². The number of aromatic hydroxyl groups is 1. The topological polar surface area (TPSA) is 187 Å². The number of amides is 3. The standard InChI is InChI=1S/C31H33N5O6/c32-24(14-19-6-2-1-3-7-19)29(39)36-26(15-20-10-12-22(37)13-11-20)30(40)34-18-28(38)35-27(31(41)42)16-21-17-33-25-9-5-4-8-23(21)25/h1-13,17,24,26-27,33,37H,14-16,18,32H2,(H,34,40)(H,35,38)(H,36,39)(H,41,42). The van der Waals surface area contributed by atoms with Crippen LogP contribution in [-0.4, -0.2) is 63.6 Å². The number of nitrogens with two attached hydrogens (primary N) is 1. The Hall–Kier alpha value is -5.16. The molecule has 42 heavy (non-hydrogen) atoms. The second kappa shape index (κ2) is 14.0. The summed E-state index contributed by atoms with van der Waals surface area (Å²) in [6.07, 6.45) is 2.07. The molecule has 0 saturated carbocycles. The molecule has 0 fully saturated rings. The van der Waals surface area contributed by atoms with Gasteiger partial charge in [0.25, 0.3) is 0 Å². The molecule has 3 aromatic carbocycles. The first kappa shape index (κ1) is 29.8. The minimum Gasteiger partial charge on any atom is -0.508 e. The van der Waals surface area contributed by atoms with Gasteiger partial charge in [-0.1, -0.05) is 60.7 Å². The van der Waals surface area contributed by atoms with Gasteiger partial charge in [0.1, 0.15) is 17.8 Å². The Bertz CT molecular complexity index is 1540. The number of carbonyl (C=O) groups excluding carboxylic acids is 3. The van der Waals surface area contributed by atoms with Gasteiger partial charge in [0, 0.05) is 29.9 Å². The Morgan fingerprint density at radius 2 is 1.43 bits per heavy atom. The summed E-state index contributed by atoms with van der Waals surface area (Å²) in [5.74, 6) is -3.07. The highest BCUT2D eigenvalue weighted by atomic mass is 16.4. The first-order chi connectivity index (χ1) is 20.2. The number of carboxylic acids is 1. The maximum absolute atomic E-state index is 13.1. The zero-order chi connectivity index (χ0) is 30.1. The number of hydrogen-bond donors (Lipinski definition) is 7. The summed E-state index contributed by atoms with van der Waals surface area (Å²) in [5, 5.41) is 27.8. The second-order valence-corrected chi connectivity index (χ2v) is 9.97. The number of hydrogen-bond acceptors (Lipinski definition) is 6. The van der Waals surface area contributed by atoms with Gasteiger partial charge in [-0.2, -0.15) is 0 Å². The predicted octanol–water partition coefficient (Wildman–Crippen LogP) is 1.40. The summed E-state index contributed by atoms with van der Waals surface area (Å²) in [6.45, 7) is -0.505. The minimum absolute atomic E-state index is 0.0396. The van der Waals surface area contributed by atoms with Crippen molar-refractivity contribution >= 4 is 34.6 Å². The summed E-state index contributed by atoms with van der Waals surface area (Å²) in [6, 6.07) is 19.5. The first-order valence-corrected chi connectivity index (χ1v) is 13.4. The fraction of sp³-hybridized carbons (Fsp3) is 0.226. The summed E-state index contributed by atoms with van der Waals surface area (Å²) in [7, 11) is 0.